The summed E-state index contributed by atoms with van der Waals surface area (Å²) in [5, 5.41) is 30.3. The fraction of sp³-hybridized carbons (Fsp3) is 0.821. The van der Waals surface area contributed by atoms with Gasteiger partial charge in [0.25, 0.3) is 0 Å². The highest BCUT2D eigenvalue weighted by Gasteiger charge is 2.51. The molecule has 3 rings (SSSR count). The zero-order valence-corrected chi connectivity index (χ0v) is 21.3. The second kappa shape index (κ2) is 10.6. The third kappa shape index (κ3) is 6.49. The first-order valence-electron chi connectivity index (χ1n) is 13.1. The quantitative estimate of drug-likeness (QED) is 0.459. The summed E-state index contributed by atoms with van der Waals surface area (Å²) in [5.41, 5.74) is 2.00. The molecular weight excluding hydrogens is 416 g/mol. The van der Waals surface area contributed by atoms with Crippen molar-refractivity contribution in [2.45, 2.75) is 123 Å². The third-order valence-corrected chi connectivity index (χ3v) is 8.78. The zero-order chi connectivity index (χ0) is 24.4. The van der Waals surface area contributed by atoms with E-state index >= 15 is 0 Å². The van der Waals surface area contributed by atoms with Gasteiger partial charge in [0.2, 0.25) is 0 Å². The smallest absolute Gasteiger partial charge is 0.306 e. The van der Waals surface area contributed by atoms with Gasteiger partial charge in [0.1, 0.15) is 6.10 Å². The molecule has 0 aliphatic heterocycles. The van der Waals surface area contributed by atoms with Gasteiger partial charge in [-0.05, 0) is 89.9 Å². The lowest BCUT2D eigenvalue weighted by Gasteiger charge is -2.44. The van der Waals surface area contributed by atoms with E-state index in [1.807, 2.05) is 6.92 Å². The van der Waals surface area contributed by atoms with E-state index in [1.54, 1.807) is 13.8 Å². The van der Waals surface area contributed by atoms with E-state index in [-0.39, 0.29) is 23.4 Å². The van der Waals surface area contributed by atoms with Crippen LogP contribution >= 0.6 is 0 Å². The lowest BCUT2D eigenvalue weighted by atomic mass is 9.62. The van der Waals surface area contributed by atoms with E-state index in [1.165, 1.54) is 5.57 Å². The molecule has 0 heterocycles. The molecule has 3 fully saturated rings. The summed E-state index contributed by atoms with van der Waals surface area (Å²) < 4.78 is 5.88. The predicted octanol–water partition coefficient (Wildman–Crippen LogP) is 5.08. The lowest BCUT2D eigenvalue weighted by Crippen LogP contribution is -2.39. The molecule has 188 valence electrons. The Kier molecular flexibility index (Phi) is 8.51. The van der Waals surface area contributed by atoms with Crippen molar-refractivity contribution in [3.8, 4) is 0 Å². The highest BCUT2D eigenvalue weighted by Crippen LogP contribution is 2.58. The Morgan fingerprint density at radius 1 is 1.21 bits per heavy atom. The minimum absolute atomic E-state index is 0.0670. The molecule has 3 aliphatic carbocycles. The van der Waals surface area contributed by atoms with Crippen molar-refractivity contribution < 1.29 is 24.9 Å². The molecule has 0 bridgehead atoms. The number of hydrogen-bond donors (Lipinski definition) is 3. The number of aliphatic hydroxyl groups is 3. The van der Waals surface area contributed by atoms with Crippen molar-refractivity contribution >= 4 is 5.97 Å². The number of allylic oxidation sites excluding steroid dienone is 3. The maximum absolute atomic E-state index is 12.4. The van der Waals surface area contributed by atoms with E-state index in [4.69, 9.17) is 4.74 Å². The molecule has 0 aromatic carbocycles. The molecule has 0 saturated heterocycles. The third-order valence-electron chi connectivity index (χ3n) is 8.78. The van der Waals surface area contributed by atoms with Crippen molar-refractivity contribution in [2.75, 3.05) is 0 Å². The molecule has 6 atom stereocenters. The van der Waals surface area contributed by atoms with Gasteiger partial charge in [0, 0.05) is 18.3 Å². The van der Waals surface area contributed by atoms with Gasteiger partial charge in [-0.3, -0.25) is 4.79 Å². The Bertz CT molecular complexity index is 734. The molecule has 3 saturated carbocycles. The van der Waals surface area contributed by atoms with E-state index in [2.05, 4.69) is 26.0 Å². The summed E-state index contributed by atoms with van der Waals surface area (Å²) in [6.45, 7) is 9.88. The van der Waals surface area contributed by atoms with Crippen molar-refractivity contribution in [3.05, 3.63) is 23.3 Å². The summed E-state index contributed by atoms with van der Waals surface area (Å²) in [4.78, 5) is 12.4. The summed E-state index contributed by atoms with van der Waals surface area (Å²) in [5.74, 6) is 0.638. The standard InChI is InChI=1S/C28H46O5/c1-18-24(29)16-20(17-25(18)30)10-11-21-8-6-15-28(5)22(12-13-23(21)28)19(2)33-26(31)9-7-14-27(3,4)32/h10-11,18-19,22-25,29-30,32H,6-9,12-17H2,1-5H3/t18?,19-,22+,23-,24+,25+,28+/m0/s1. The molecule has 0 aromatic heterocycles. The Balaban J connectivity index is 1.62. The Hall–Kier alpha value is -1.17. The first-order chi connectivity index (χ1) is 15.4. The molecule has 3 N–H and O–H groups in total. The number of carbonyl (C=O) groups excluding carboxylic acids is 1. The van der Waals surface area contributed by atoms with Gasteiger partial charge in [-0.15, -0.1) is 0 Å². The van der Waals surface area contributed by atoms with E-state index in [0.717, 1.165) is 37.7 Å². The second-order valence-electron chi connectivity index (χ2n) is 11.9. The van der Waals surface area contributed by atoms with Crippen LogP contribution in [0.2, 0.25) is 0 Å². The van der Waals surface area contributed by atoms with Crippen LogP contribution in [0.4, 0.5) is 0 Å². The summed E-state index contributed by atoms with van der Waals surface area (Å²) in [7, 11) is 0. The summed E-state index contributed by atoms with van der Waals surface area (Å²) in [6.07, 6.45) is 11.9. The fourth-order valence-corrected chi connectivity index (χ4v) is 6.67. The van der Waals surface area contributed by atoms with Gasteiger partial charge in [-0.2, -0.15) is 0 Å². The van der Waals surface area contributed by atoms with Crippen LogP contribution in [0.3, 0.4) is 0 Å². The molecule has 0 unspecified atom stereocenters. The van der Waals surface area contributed by atoms with Gasteiger partial charge in [0.15, 0.2) is 0 Å². The highest BCUT2D eigenvalue weighted by atomic mass is 16.5. The minimum atomic E-state index is -0.746. The number of esters is 1. The molecular formula is C28H46O5. The van der Waals surface area contributed by atoms with E-state index < -0.39 is 17.8 Å². The Labute approximate surface area is 200 Å². The SMILES string of the molecule is CC1[C@H](O)CC(=CC=C2CCC[C@]3(C)[C@@H]([C@H](C)OC(=O)CCCC(C)(C)O)CC[C@@H]23)C[C@H]1O. The molecule has 3 aliphatic rings. The minimum Gasteiger partial charge on any atom is -0.462 e. The maximum atomic E-state index is 12.4. The first-order valence-corrected chi connectivity index (χ1v) is 13.1. The van der Waals surface area contributed by atoms with Crippen LogP contribution in [0, 0.1) is 23.2 Å². The lowest BCUT2D eigenvalue weighted by molar-refractivity contribution is -0.153. The number of carbonyl (C=O) groups is 1. The normalized spacial score (nSPS) is 37.0. The van der Waals surface area contributed by atoms with Crippen LogP contribution < -0.4 is 0 Å². The van der Waals surface area contributed by atoms with Gasteiger partial charge in [-0.1, -0.05) is 37.1 Å². The fourth-order valence-electron chi connectivity index (χ4n) is 6.67. The topological polar surface area (TPSA) is 87.0 Å². The van der Waals surface area contributed by atoms with Crippen LogP contribution in [0.15, 0.2) is 23.3 Å². The summed E-state index contributed by atoms with van der Waals surface area (Å²) >= 11 is 0. The van der Waals surface area contributed by atoms with Crippen LogP contribution in [0.5, 0.6) is 0 Å². The van der Waals surface area contributed by atoms with Crippen LogP contribution in [-0.4, -0.2) is 45.2 Å². The number of ether oxygens (including phenoxy) is 1. The molecule has 33 heavy (non-hydrogen) atoms. The van der Waals surface area contributed by atoms with Gasteiger partial charge >= 0.3 is 5.97 Å². The molecule has 0 spiro atoms. The number of aliphatic hydroxyl groups excluding tert-OH is 2. The molecule has 0 aromatic rings. The molecule has 5 nitrogen and oxygen atoms in total. The average Bonchev–Trinajstić information content (AvgIpc) is 3.07. The van der Waals surface area contributed by atoms with Crippen LogP contribution in [0.1, 0.15) is 98.8 Å². The van der Waals surface area contributed by atoms with Crippen molar-refractivity contribution in [3.63, 3.8) is 0 Å². The summed E-state index contributed by atoms with van der Waals surface area (Å²) in [6, 6.07) is 0. The zero-order valence-electron chi connectivity index (χ0n) is 21.3. The molecule has 0 amide bonds. The second-order valence-corrected chi connectivity index (χ2v) is 11.9. The van der Waals surface area contributed by atoms with E-state index in [9.17, 15) is 20.1 Å². The number of hydrogen-bond acceptors (Lipinski definition) is 5. The van der Waals surface area contributed by atoms with Crippen molar-refractivity contribution in [1.29, 1.82) is 0 Å². The van der Waals surface area contributed by atoms with Crippen LogP contribution in [0.25, 0.3) is 0 Å². The van der Waals surface area contributed by atoms with Crippen molar-refractivity contribution in [2.24, 2.45) is 23.2 Å². The monoisotopic (exact) mass is 462 g/mol. The number of rotatable bonds is 7. The van der Waals surface area contributed by atoms with Gasteiger partial charge in [0.05, 0.1) is 17.8 Å². The Morgan fingerprint density at radius 3 is 2.52 bits per heavy atom. The predicted molar refractivity (Wildman–Crippen MR) is 130 cm³/mol. The van der Waals surface area contributed by atoms with Gasteiger partial charge in [-0.25, -0.2) is 0 Å². The average molecular weight is 463 g/mol. The molecule has 5 heteroatoms. The van der Waals surface area contributed by atoms with Crippen LogP contribution in [-0.2, 0) is 9.53 Å². The van der Waals surface area contributed by atoms with Gasteiger partial charge < -0.3 is 20.1 Å². The molecule has 0 radical (unpaired) electrons. The van der Waals surface area contributed by atoms with E-state index in [0.29, 0.717) is 43.9 Å². The van der Waals surface area contributed by atoms with Crippen molar-refractivity contribution in [1.82, 2.24) is 0 Å². The maximum Gasteiger partial charge on any atom is 0.306 e. The first kappa shape index (κ1) is 26.4. The largest absolute Gasteiger partial charge is 0.462 e. The highest BCUT2D eigenvalue weighted by molar-refractivity contribution is 5.69. The Morgan fingerprint density at radius 2 is 1.88 bits per heavy atom. The number of fused-ring (bicyclic) bond motifs is 1.